The van der Waals surface area contributed by atoms with Crippen LogP contribution in [0.4, 0.5) is 5.69 Å². The molecule has 1 atom stereocenters. The van der Waals surface area contributed by atoms with E-state index in [1.54, 1.807) is 0 Å². The Morgan fingerprint density at radius 1 is 1.65 bits per heavy atom. The largest absolute Gasteiger partial charge is 0.352 e. The first-order valence-corrected chi connectivity index (χ1v) is 6.32. The van der Waals surface area contributed by atoms with E-state index in [1.165, 1.54) is 17.1 Å². The van der Waals surface area contributed by atoms with Crippen LogP contribution in [-0.2, 0) is 11.3 Å². The standard InChI is InChI=1S/C11H17N5O3.ClH/c17-11(14-9-2-1-4-12-6-9)3-5-15-8-10(7-13-15)16(18)19;/h7-9,12H,1-6H2,(H,14,17);1H/t9-;/m0./s1. The van der Waals surface area contributed by atoms with Gasteiger partial charge in [-0.15, -0.1) is 12.4 Å². The van der Waals surface area contributed by atoms with Gasteiger partial charge in [0.25, 0.3) is 0 Å². The minimum absolute atomic E-state index is 0. The zero-order valence-electron chi connectivity index (χ0n) is 10.9. The molecule has 0 aliphatic carbocycles. The molecule has 0 unspecified atom stereocenters. The fraction of sp³-hybridized carbons (Fsp3) is 0.636. The lowest BCUT2D eigenvalue weighted by Gasteiger charge is -2.23. The fourth-order valence-electron chi connectivity index (χ4n) is 2.06. The molecule has 0 radical (unpaired) electrons. The Balaban J connectivity index is 0.00000200. The molecule has 8 nitrogen and oxygen atoms in total. The van der Waals surface area contributed by atoms with E-state index >= 15 is 0 Å². The summed E-state index contributed by atoms with van der Waals surface area (Å²) in [5, 5.41) is 20.5. The van der Waals surface area contributed by atoms with Gasteiger partial charge in [0.1, 0.15) is 12.4 Å². The number of aryl methyl sites for hydroxylation is 1. The molecule has 1 aromatic rings. The molecule has 2 heterocycles. The topological polar surface area (TPSA) is 102 Å². The Labute approximate surface area is 122 Å². The van der Waals surface area contributed by atoms with Crippen molar-refractivity contribution in [2.24, 2.45) is 0 Å². The number of hydrogen-bond acceptors (Lipinski definition) is 5. The van der Waals surface area contributed by atoms with Gasteiger partial charge in [0.05, 0.1) is 4.92 Å². The number of piperidine rings is 1. The molecule has 1 aliphatic rings. The molecular formula is C11H18ClN5O3. The summed E-state index contributed by atoms with van der Waals surface area (Å²) in [6.45, 7) is 2.15. The first kappa shape index (κ1) is 16.4. The lowest BCUT2D eigenvalue weighted by atomic mass is 10.1. The van der Waals surface area contributed by atoms with Crippen molar-refractivity contribution in [3.8, 4) is 0 Å². The third kappa shape index (κ3) is 4.78. The maximum Gasteiger partial charge on any atom is 0.306 e. The van der Waals surface area contributed by atoms with Gasteiger partial charge in [-0.1, -0.05) is 0 Å². The van der Waals surface area contributed by atoms with Gasteiger partial charge in [-0.25, -0.2) is 0 Å². The minimum Gasteiger partial charge on any atom is -0.352 e. The van der Waals surface area contributed by atoms with Gasteiger partial charge in [-0.3, -0.25) is 19.6 Å². The van der Waals surface area contributed by atoms with Crippen molar-refractivity contribution < 1.29 is 9.72 Å². The first-order valence-electron chi connectivity index (χ1n) is 6.32. The number of aromatic nitrogens is 2. The van der Waals surface area contributed by atoms with Crippen molar-refractivity contribution in [1.82, 2.24) is 20.4 Å². The molecule has 2 N–H and O–H groups in total. The number of rotatable bonds is 5. The van der Waals surface area contributed by atoms with Crippen LogP contribution in [-0.4, -0.2) is 39.7 Å². The van der Waals surface area contributed by atoms with Crippen molar-refractivity contribution >= 4 is 24.0 Å². The Hall–Kier alpha value is -1.67. The Kier molecular flexibility index (Phi) is 6.40. The van der Waals surface area contributed by atoms with Gasteiger partial charge < -0.3 is 10.6 Å². The number of nitro groups is 1. The summed E-state index contributed by atoms with van der Waals surface area (Å²) in [5.41, 5.74) is -0.0584. The Morgan fingerprint density at radius 3 is 3.05 bits per heavy atom. The molecular weight excluding hydrogens is 286 g/mol. The van der Waals surface area contributed by atoms with Crippen molar-refractivity contribution in [2.45, 2.75) is 31.8 Å². The molecule has 0 aromatic carbocycles. The molecule has 112 valence electrons. The molecule has 0 saturated carbocycles. The van der Waals surface area contributed by atoms with Gasteiger partial charge in [0.2, 0.25) is 5.91 Å². The van der Waals surface area contributed by atoms with E-state index in [4.69, 9.17) is 0 Å². The zero-order chi connectivity index (χ0) is 13.7. The van der Waals surface area contributed by atoms with E-state index in [-0.39, 0.29) is 36.5 Å². The average Bonchev–Trinajstić information content (AvgIpc) is 2.86. The summed E-state index contributed by atoms with van der Waals surface area (Å²) < 4.78 is 1.41. The van der Waals surface area contributed by atoms with E-state index in [2.05, 4.69) is 15.7 Å². The molecule has 9 heteroatoms. The second-order valence-electron chi connectivity index (χ2n) is 4.58. The summed E-state index contributed by atoms with van der Waals surface area (Å²) in [6.07, 6.45) is 4.84. The highest BCUT2D eigenvalue weighted by Gasteiger charge is 2.15. The molecule has 0 bridgehead atoms. The van der Waals surface area contributed by atoms with Crippen molar-refractivity contribution in [3.63, 3.8) is 0 Å². The SMILES string of the molecule is Cl.O=C(CCn1cc([N+](=O)[O-])cn1)N[C@H]1CCCNC1. The van der Waals surface area contributed by atoms with Crippen molar-refractivity contribution in [2.75, 3.05) is 13.1 Å². The van der Waals surface area contributed by atoms with Gasteiger partial charge in [-0.05, 0) is 19.4 Å². The van der Waals surface area contributed by atoms with Gasteiger partial charge in [0.15, 0.2) is 0 Å². The van der Waals surface area contributed by atoms with Crippen LogP contribution in [0.2, 0.25) is 0 Å². The molecule has 20 heavy (non-hydrogen) atoms. The number of carbonyl (C=O) groups excluding carboxylic acids is 1. The molecule has 1 aliphatic heterocycles. The molecule has 1 aromatic heterocycles. The normalized spacial score (nSPS) is 18.1. The van der Waals surface area contributed by atoms with Gasteiger partial charge in [0, 0.05) is 25.6 Å². The predicted molar refractivity (Wildman–Crippen MR) is 74.8 cm³/mol. The van der Waals surface area contributed by atoms with Crippen LogP contribution in [0, 0.1) is 10.1 Å². The Morgan fingerprint density at radius 2 is 2.45 bits per heavy atom. The first-order chi connectivity index (χ1) is 9.15. The Bertz CT molecular complexity index is 459. The number of carbonyl (C=O) groups is 1. The number of nitrogens with zero attached hydrogens (tertiary/aromatic N) is 3. The monoisotopic (exact) mass is 303 g/mol. The van der Waals surface area contributed by atoms with Crippen LogP contribution in [0.5, 0.6) is 0 Å². The third-order valence-corrected chi connectivity index (χ3v) is 3.06. The summed E-state index contributed by atoms with van der Waals surface area (Å²) in [4.78, 5) is 21.7. The lowest BCUT2D eigenvalue weighted by Crippen LogP contribution is -2.45. The third-order valence-electron chi connectivity index (χ3n) is 3.06. The summed E-state index contributed by atoms with van der Waals surface area (Å²) in [6, 6.07) is 0.188. The van der Waals surface area contributed by atoms with E-state index in [1.807, 2.05) is 0 Å². The number of nitrogens with one attached hydrogen (secondary N) is 2. The molecule has 1 amide bonds. The highest BCUT2D eigenvalue weighted by atomic mass is 35.5. The maximum absolute atomic E-state index is 11.7. The molecule has 2 rings (SSSR count). The second kappa shape index (κ2) is 7.81. The smallest absolute Gasteiger partial charge is 0.306 e. The van der Waals surface area contributed by atoms with Crippen LogP contribution in [0.3, 0.4) is 0 Å². The van der Waals surface area contributed by atoms with E-state index < -0.39 is 4.92 Å². The highest BCUT2D eigenvalue weighted by molar-refractivity contribution is 5.85. The average molecular weight is 304 g/mol. The lowest BCUT2D eigenvalue weighted by molar-refractivity contribution is -0.385. The fourth-order valence-corrected chi connectivity index (χ4v) is 2.06. The van der Waals surface area contributed by atoms with Crippen molar-refractivity contribution in [3.05, 3.63) is 22.5 Å². The number of amides is 1. The van der Waals surface area contributed by atoms with E-state index in [0.29, 0.717) is 6.54 Å². The molecule has 0 spiro atoms. The van der Waals surface area contributed by atoms with Crippen LogP contribution in [0.25, 0.3) is 0 Å². The molecule has 1 fully saturated rings. The summed E-state index contributed by atoms with van der Waals surface area (Å²) in [7, 11) is 0. The van der Waals surface area contributed by atoms with E-state index in [0.717, 1.165) is 25.9 Å². The summed E-state index contributed by atoms with van der Waals surface area (Å²) >= 11 is 0. The van der Waals surface area contributed by atoms with Crippen LogP contribution in [0.1, 0.15) is 19.3 Å². The van der Waals surface area contributed by atoms with Gasteiger partial charge >= 0.3 is 5.69 Å². The van der Waals surface area contributed by atoms with Crippen molar-refractivity contribution in [1.29, 1.82) is 0 Å². The highest BCUT2D eigenvalue weighted by Crippen LogP contribution is 2.08. The van der Waals surface area contributed by atoms with Gasteiger partial charge in [-0.2, -0.15) is 5.10 Å². The van der Waals surface area contributed by atoms with Crippen LogP contribution < -0.4 is 10.6 Å². The zero-order valence-corrected chi connectivity index (χ0v) is 11.8. The number of halogens is 1. The molecule has 1 saturated heterocycles. The second-order valence-corrected chi connectivity index (χ2v) is 4.58. The predicted octanol–water partition coefficient (Wildman–Crippen LogP) is 0.471. The number of hydrogen-bond donors (Lipinski definition) is 2. The van der Waals surface area contributed by atoms with Crippen LogP contribution in [0.15, 0.2) is 12.4 Å². The summed E-state index contributed by atoms with van der Waals surface area (Å²) in [5.74, 6) is -0.0492. The maximum atomic E-state index is 11.7. The van der Waals surface area contributed by atoms with E-state index in [9.17, 15) is 14.9 Å². The quantitative estimate of drug-likeness (QED) is 0.608. The minimum atomic E-state index is -0.503. The van der Waals surface area contributed by atoms with Crippen LogP contribution >= 0.6 is 12.4 Å².